The van der Waals surface area contributed by atoms with Crippen LogP contribution in [0.3, 0.4) is 0 Å². The van der Waals surface area contributed by atoms with Crippen molar-refractivity contribution >= 4 is 15.9 Å². The van der Waals surface area contributed by atoms with E-state index in [0.29, 0.717) is 49.9 Å². The number of rotatable bonds is 11. The van der Waals surface area contributed by atoms with Crippen LogP contribution in [0, 0.1) is 5.92 Å². The molecule has 29 heavy (non-hydrogen) atoms. The van der Waals surface area contributed by atoms with Gasteiger partial charge >= 0.3 is 0 Å². The van der Waals surface area contributed by atoms with Crippen LogP contribution in [0.4, 0.5) is 0 Å². The number of nitrogens with zero attached hydrogens (tertiary/aromatic N) is 1. The third-order valence-electron chi connectivity index (χ3n) is 5.42. The van der Waals surface area contributed by atoms with Crippen molar-refractivity contribution in [3.63, 3.8) is 0 Å². The number of piperidine rings is 1. The van der Waals surface area contributed by atoms with E-state index < -0.39 is 10.0 Å². The van der Waals surface area contributed by atoms with Crippen molar-refractivity contribution in [1.29, 1.82) is 0 Å². The summed E-state index contributed by atoms with van der Waals surface area (Å²) in [7, 11) is -3.50. The van der Waals surface area contributed by atoms with E-state index in [4.69, 9.17) is 4.74 Å². The molecule has 0 aromatic heterocycles. The van der Waals surface area contributed by atoms with Crippen LogP contribution in [0.2, 0.25) is 0 Å². The van der Waals surface area contributed by atoms with Gasteiger partial charge in [-0.3, -0.25) is 4.79 Å². The van der Waals surface area contributed by atoms with Crippen LogP contribution in [-0.4, -0.2) is 51.5 Å². The molecule has 1 amide bonds. The Hall–Kier alpha value is -1.44. The van der Waals surface area contributed by atoms with E-state index in [1.165, 1.54) is 4.31 Å². The number of amides is 1. The fourth-order valence-electron chi connectivity index (χ4n) is 3.41. The fraction of sp³-hybridized carbons (Fsp3) is 0.682. The van der Waals surface area contributed by atoms with Gasteiger partial charge in [-0.2, -0.15) is 4.31 Å². The Morgan fingerprint density at radius 3 is 2.34 bits per heavy atom. The highest BCUT2D eigenvalue weighted by Crippen LogP contribution is 2.25. The molecule has 1 heterocycles. The minimum atomic E-state index is -3.50. The molecule has 0 aliphatic carbocycles. The molecule has 1 fully saturated rings. The van der Waals surface area contributed by atoms with Gasteiger partial charge in [-0.25, -0.2) is 8.42 Å². The van der Waals surface area contributed by atoms with Gasteiger partial charge in [0.25, 0.3) is 0 Å². The van der Waals surface area contributed by atoms with Crippen molar-refractivity contribution < 1.29 is 17.9 Å². The van der Waals surface area contributed by atoms with Crippen LogP contribution >= 0.6 is 0 Å². The van der Waals surface area contributed by atoms with Crippen molar-refractivity contribution in [2.24, 2.45) is 5.92 Å². The highest BCUT2D eigenvalue weighted by Gasteiger charge is 2.31. The summed E-state index contributed by atoms with van der Waals surface area (Å²) in [5.74, 6) is 0.270. The first-order chi connectivity index (χ1) is 13.9. The van der Waals surface area contributed by atoms with Gasteiger partial charge in [0.05, 0.1) is 4.90 Å². The summed E-state index contributed by atoms with van der Waals surface area (Å²) in [5.41, 5.74) is 1.12. The summed E-state index contributed by atoms with van der Waals surface area (Å²) in [6.45, 7) is 9.09. The van der Waals surface area contributed by atoms with Gasteiger partial charge in [-0.05, 0) is 49.3 Å². The molecular weight excluding hydrogens is 388 g/mol. The van der Waals surface area contributed by atoms with Crippen LogP contribution in [-0.2, 0) is 19.6 Å². The summed E-state index contributed by atoms with van der Waals surface area (Å²) < 4.78 is 32.7. The highest BCUT2D eigenvalue weighted by atomic mass is 32.2. The van der Waals surface area contributed by atoms with Crippen LogP contribution < -0.4 is 5.32 Å². The lowest BCUT2D eigenvalue weighted by Crippen LogP contribution is -2.43. The van der Waals surface area contributed by atoms with E-state index in [2.05, 4.69) is 26.1 Å². The predicted octanol–water partition coefficient (Wildman–Crippen LogP) is 3.53. The van der Waals surface area contributed by atoms with Crippen LogP contribution in [0.15, 0.2) is 29.2 Å². The van der Waals surface area contributed by atoms with Crippen molar-refractivity contribution in [2.45, 2.75) is 63.7 Å². The number of carbonyl (C=O) groups is 1. The van der Waals surface area contributed by atoms with E-state index in [1.807, 2.05) is 12.1 Å². The van der Waals surface area contributed by atoms with Crippen LogP contribution in [0.25, 0.3) is 0 Å². The third kappa shape index (κ3) is 7.08. The van der Waals surface area contributed by atoms with E-state index in [1.54, 1.807) is 12.1 Å². The molecule has 2 rings (SSSR count). The highest BCUT2D eigenvalue weighted by molar-refractivity contribution is 7.89. The van der Waals surface area contributed by atoms with Crippen molar-refractivity contribution in [1.82, 2.24) is 9.62 Å². The fourth-order valence-corrected chi connectivity index (χ4v) is 4.88. The van der Waals surface area contributed by atoms with Gasteiger partial charge in [0.15, 0.2) is 0 Å². The van der Waals surface area contributed by atoms with E-state index in [-0.39, 0.29) is 11.8 Å². The normalized spacial score (nSPS) is 16.3. The first-order valence-corrected chi connectivity index (χ1v) is 12.3. The van der Waals surface area contributed by atoms with Crippen LogP contribution in [0.5, 0.6) is 0 Å². The van der Waals surface area contributed by atoms with Crippen molar-refractivity contribution in [3.8, 4) is 0 Å². The first kappa shape index (κ1) is 23.8. The Morgan fingerprint density at radius 1 is 1.14 bits per heavy atom. The van der Waals surface area contributed by atoms with Gasteiger partial charge in [0.1, 0.15) is 0 Å². The number of nitrogens with one attached hydrogen (secondary N) is 1. The molecule has 1 saturated heterocycles. The van der Waals surface area contributed by atoms with Crippen molar-refractivity contribution in [3.05, 3.63) is 29.8 Å². The molecule has 1 aliphatic rings. The first-order valence-electron chi connectivity index (χ1n) is 10.8. The second-order valence-electron chi connectivity index (χ2n) is 8.01. The summed E-state index contributed by atoms with van der Waals surface area (Å²) in [6, 6.07) is 7.13. The zero-order valence-electron chi connectivity index (χ0n) is 18.0. The molecule has 0 radical (unpaired) electrons. The lowest BCUT2D eigenvalue weighted by Gasteiger charge is -2.30. The smallest absolute Gasteiger partial charge is 0.243 e. The molecule has 164 valence electrons. The minimum absolute atomic E-state index is 0.0249. The summed E-state index contributed by atoms with van der Waals surface area (Å²) in [5, 5.41) is 2.96. The SMILES string of the molecule is CCCCOCCCNC(=O)C1CCN(S(=O)(=O)c2ccc(C(C)C)cc2)CC1. The summed E-state index contributed by atoms with van der Waals surface area (Å²) >= 11 is 0. The average Bonchev–Trinajstić information content (AvgIpc) is 2.73. The minimum Gasteiger partial charge on any atom is -0.381 e. The molecule has 6 nitrogen and oxygen atoms in total. The maximum atomic E-state index is 12.9. The number of hydrogen-bond donors (Lipinski definition) is 1. The monoisotopic (exact) mass is 424 g/mol. The average molecular weight is 425 g/mol. The molecular formula is C22H36N2O4S. The molecule has 7 heteroatoms. The number of unbranched alkanes of at least 4 members (excludes halogenated alkanes) is 1. The molecule has 1 N–H and O–H groups in total. The Kier molecular flexibility index (Phi) is 9.59. The molecule has 1 aromatic rings. The van der Waals surface area contributed by atoms with E-state index in [0.717, 1.165) is 31.4 Å². The zero-order valence-corrected chi connectivity index (χ0v) is 18.8. The van der Waals surface area contributed by atoms with Gasteiger partial charge < -0.3 is 10.1 Å². The molecule has 0 atom stereocenters. The largest absolute Gasteiger partial charge is 0.381 e. The molecule has 0 bridgehead atoms. The zero-order chi connectivity index (χ0) is 21.3. The quantitative estimate of drug-likeness (QED) is 0.551. The lowest BCUT2D eigenvalue weighted by molar-refractivity contribution is -0.126. The summed E-state index contributed by atoms with van der Waals surface area (Å²) in [6.07, 6.45) is 4.10. The van der Waals surface area contributed by atoms with Gasteiger partial charge in [-0.15, -0.1) is 0 Å². The number of ether oxygens (including phenoxy) is 1. The Morgan fingerprint density at radius 2 is 1.76 bits per heavy atom. The van der Waals surface area contributed by atoms with Crippen LogP contribution in [0.1, 0.15) is 64.4 Å². The van der Waals surface area contributed by atoms with Gasteiger partial charge in [0.2, 0.25) is 15.9 Å². The molecule has 0 saturated carbocycles. The van der Waals surface area contributed by atoms with Crippen molar-refractivity contribution in [2.75, 3.05) is 32.8 Å². The molecule has 0 spiro atoms. The summed E-state index contributed by atoms with van der Waals surface area (Å²) in [4.78, 5) is 12.7. The Labute approximate surface area is 176 Å². The second-order valence-corrected chi connectivity index (χ2v) is 9.95. The van der Waals surface area contributed by atoms with Gasteiger partial charge in [-0.1, -0.05) is 39.3 Å². The molecule has 0 unspecified atom stereocenters. The number of carbonyl (C=O) groups excluding carboxylic acids is 1. The third-order valence-corrected chi connectivity index (χ3v) is 7.33. The number of hydrogen-bond acceptors (Lipinski definition) is 4. The van der Waals surface area contributed by atoms with E-state index in [9.17, 15) is 13.2 Å². The predicted molar refractivity (Wildman–Crippen MR) is 115 cm³/mol. The van der Waals surface area contributed by atoms with E-state index >= 15 is 0 Å². The molecule has 1 aliphatic heterocycles. The number of benzene rings is 1. The lowest BCUT2D eigenvalue weighted by atomic mass is 9.97. The standard InChI is InChI=1S/C22H36N2O4S/c1-4-5-16-28-17-6-13-23-22(25)20-11-14-24(15-12-20)29(26,27)21-9-7-19(8-10-21)18(2)3/h7-10,18,20H,4-6,11-17H2,1-3H3,(H,23,25). The maximum Gasteiger partial charge on any atom is 0.243 e. The Bertz CT molecular complexity index is 724. The number of sulfonamides is 1. The maximum absolute atomic E-state index is 12.9. The van der Waals surface area contributed by atoms with Gasteiger partial charge in [0, 0.05) is 38.8 Å². The second kappa shape index (κ2) is 11.7. The Balaban J connectivity index is 1.76. The topological polar surface area (TPSA) is 75.7 Å². The molecule has 1 aromatic carbocycles.